The van der Waals surface area contributed by atoms with Gasteiger partial charge in [0.1, 0.15) is 17.5 Å². The molecule has 2 aromatic heterocycles. The van der Waals surface area contributed by atoms with Gasteiger partial charge in [0.2, 0.25) is 17.7 Å². The van der Waals surface area contributed by atoms with Gasteiger partial charge in [0.25, 0.3) is 23.5 Å². The number of rotatable bonds is 4. The fraction of sp³-hybridized carbons (Fsp3) is 0.421. The van der Waals surface area contributed by atoms with Crippen molar-refractivity contribution in [2.24, 2.45) is 0 Å². The van der Waals surface area contributed by atoms with E-state index in [1.807, 2.05) is 0 Å². The summed E-state index contributed by atoms with van der Waals surface area (Å²) in [5.41, 5.74) is 0.608. The maximum absolute atomic E-state index is 13.2. The Morgan fingerprint density at radius 1 is 1.19 bits per heavy atom. The van der Waals surface area contributed by atoms with E-state index in [4.69, 9.17) is 8.94 Å². The van der Waals surface area contributed by atoms with Gasteiger partial charge in [0.15, 0.2) is 0 Å². The Hall–Kier alpha value is -3.83. The molecule has 0 saturated carbocycles. The molecule has 0 radical (unpaired) electrons. The van der Waals surface area contributed by atoms with Crippen LogP contribution in [-0.2, 0) is 25.7 Å². The molecule has 1 unspecified atom stereocenters. The average molecular weight is 426 g/mol. The number of hydrogen-bond acceptors (Lipinski definition) is 10. The van der Waals surface area contributed by atoms with E-state index >= 15 is 0 Å². The molecule has 12 heteroatoms. The van der Waals surface area contributed by atoms with E-state index in [1.54, 1.807) is 18.0 Å². The van der Waals surface area contributed by atoms with Crippen molar-refractivity contribution in [3.63, 3.8) is 0 Å². The molecular weight excluding hydrogens is 408 g/mol. The first-order chi connectivity index (χ1) is 14.9. The molecule has 5 heterocycles. The molecule has 1 N–H and O–H groups in total. The van der Waals surface area contributed by atoms with E-state index in [9.17, 15) is 19.2 Å². The number of amides is 4. The normalized spacial score (nSPS) is 21.8. The highest BCUT2D eigenvalue weighted by molar-refractivity contribution is 6.21. The summed E-state index contributed by atoms with van der Waals surface area (Å²) in [7, 11) is 0. The van der Waals surface area contributed by atoms with Crippen molar-refractivity contribution in [1.82, 2.24) is 30.2 Å². The quantitative estimate of drug-likeness (QED) is 0.664. The predicted molar refractivity (Wildman–Crippen MR) is 99.2 cm³/mol. The number of carbonyl (C=O) groups excluding carboxylic acids is 4. The molecule has 0 aromatic carbocycles. The second-order valence-corrected chi connectivity index (χ2v) is 7.59. The molecule has 0 aliphatic carbocycles. The van der Waals surface area contributed by atoms with Crippen molar-refractivity contribution < 1.29 is 28.1 Å². The van der Waals surface area contributed by atoms with Crippen LogP contribution in [0.1, 0.15) is 37.3 Å². The first-order valence-corrected chi connectivity index (χ1v) is 9.87. The Balaban J connectivity index is 1.38. The predicted octanol–water partition coefficient (Wildman–Crippen LogP) is 0.0569. The number of carbonyl (C=O) groups is 4. The topological polar surface area (TPSA) is 152 Å². The van der Waals surface area contributed by atoms with Gasteiger partial charge in [-0.3, -0.25) is 29.4 Å². The third kappa shape index (κ3) is 3.20. The number of imide groups is 2. The van der Waals surface area contributed by atoms with E-state index < -0.39 is 29.7 Å². The van der Waals surface area contributed by atoms with Gasteiger partial charge >= 0.3 is 0 Å². The molecule has 31 heavy (non-hydrogen) atoms. The SMILES string of the molecule is Cc1cnc(-c2noc(CN3CCCC4=C3C(=O)N(C3CCC(=O)NC3=O)C4=O)n2)o1. The second-order valence-electron chi connectivity index (χ2n) is 7.59. The molecule has 5 rings (SSSR count). The molecule has 12 nitrogen and oxygen atoms in total. The van der Waals surface area contributed by atoms with Crippen LogP contribution < -0.4 is 5.32 Å². The summed E-state index contributed by atoms with van der Waals surface area (Å²) in [5.74, 6) is -0.816. The summed E-state index contributed by atoms with van der Waals surface area (Å²) < 4.78 is 10.7. The third-order valence-corrected chi connectivity index (χ3v) is 5.48. The molecule has 2 aromatic rings. The molecule has 1 saturated heterocycles. The molecule has 1 fully saturated rings. The zero-order valence-corrected chi connectivity index (χ0v) is 16.6. The fourth-order valence-electron chi connectivity index (χ4n) is 4.09. The van der Waals surface area contributed by atoms with Crippen LogP contribution in [0.4, 0.5) is 0 Å². The largest absolute Gasteiger partial charge is 0.439 e. The Bertz CT molecular complexity index is 1150. The summed E-state index contributed by atoms with van der Waals surface area (Å²) in [6.07, 6.45) is 2.82. The van der Waals surface area contributed by atoms with Gasteiger partial charge < -0.3 is 13.8 Å². The van der Waals surface area contributed by atoms with Crippen molar-refractivity contribution in [1.29, 1.82) is 0 Å². The fourth-order valence-corrected chi connectivity index (χ4v) is 4.09. The highest BCUT2D eigenvalue weighted by Gasteiger charge is 2.48. The Morgan fingerprint density at radius 2 is 2.03 bits per heavy atom. The van der Waals surface area contributed by atoms with Crippen LogP contribution in [0, 0.1) is 6.92 Å². The molecule has 4 amide bonds. The highest BCUT2D eigenvalue weighted by atomic mass is 16.5. The van der Waals surface area contributed by atoms with Crippen LogP contribution in [0.3, 0.4) is 0 Å². The van der Waals surface area contributed by atoms with Crippen LogP contribution in [-0.4, -0.2) is 61.1 Å². The van der Waals surface area contributed by atoms with Gasteiger partial charge in [-0.25, -0.2) is 4.98 Å². The van der Waals surface area contributed by atoms with Crippen molar-refractivity contribution in [2.75, 3.05) is 6.54 Å². The maximum atomic E-state index is 13.2. The van der Waals surface area contributed by atoms with E-state index in [0.717, 1.165) is 4.90 Å². The van der Waals surface area contributed by atoms with Crippen LogP contribution in [0.15, 0.2) is 26.4 Å². The van der Waals surface area contributed by atoms with Gasteiger partial charge in [-0.15, -0.1) is 0 Å². The lowest BCUT2D eigenvalue weighted by atomic mass is 10.0. The second kappa shape index (κ2) is 7.15. The minimum Gasteiger partial charge on any atom is -0.439 e. The first-order valence-electron chi connectivity index (χ1n) is 9.87. The Morgan fingerprint density at radius 3 is 2.77 bits per heavy atom. The minimum absolute atomic E-state index is 0.0763. The monoisotopic (exact) mass is 426 g/mol. The zero-order valence-electron chi connectivity index (χ0n) is 16.6. The average Bonchev–Trinajstić information content (AvgIpc) is 3.43. The molecule has 3 aliphatic heterocycles. The molecule has 0 bridgehead atoms. The van der Waals surface area contributed by atoms with Crippen molar-refractivity contribution in [2.45, 2.75) is 45.2 Å². The van der Waals surface area contributed by atoms with Crippen molar-refractivity contribution >= 4 is 23.6 Å². The van der Waals surface area contributed by atoms with E-state index in [1.165, 1.54) is 0 Å². The summed E-state index contributed by atoms with van der Waals surface area (Å²) in [6, 6.07) is -0.992. The molecule has 0 spiro atoms. The van der Waals surface area contributed by atoms with E-state index in [-0.39, 0.29) is 42.7 Å². The van der Waals surface area contributed by atoms with E-state index in [0.29, 0.717) is 30.7 Å². The number of aryl methyl sites for hydroxylation is 1. The number of nitrogens with one attached hydrogen (secondary N) is 1. The Labute approximate surface area is 175 Å². The van der Waals surface area contributed by atoms with Gasteiger partial charge in [-0.2, -0.15) is 4.98 Å². The summed E-state index contributed by atoms with van der Waals surface area (Å²) in [4.78, 5) is 60.8. The lowest BCUT2D eigenvalue weighted by Gasteiger charge is -2.29. The smallest absolute Gasteiger partial charge is 0.278 e. The zero-order chi connectivity index (χ0) is 21.7. The summed E-state index contributed by atoms with van der Waals surface area (Å²) in [6.45, 7) is 2.38. The molecule has 1 atom stereocenters. The van der Waals surface area contributed by atoms with Gasteiger partial charge in [-0.05, 0) is 26.2 Å². The number of aromatic nitrogens is 3. The number of nitrogens with zero attached hydrogens (tertiary/aromatic N) is 5. The van der Waals surface area contributed by atoms with Gasteiger partial charge in [-0.1, -0.05) is 5.16 Å². The van der Waals surface area contributed by atoms with E-state index in [2.05, 4.69) is 20.4 Å². The summed E-state index contributed by atoms with van der Waals surface area (Å²) in [5, 5.41) is 6.05. The molecule has 3 aliphatic rings. The third-order valence-electron chi connectivity index (χ3n) is 5.48. The number of piperidine rings is 1. The van der Waals surface area contributed by atoms with Crippen LogP contribution in [0.25, 0.3) is 11.7 Å². The van der Waals surface area contributed by atoms with Crippen molar-refractivity contribution in [3.05, 3.63) is 29.1 Å². The van der Waals surface area contributed by atoms with Crippen molar-refractivity contribution in [3.8, 4) is 11.7 Å². The highest BCUT2D eigenvalue weighted by Crippen LogP contribution is 2.34. The lowest BCUT2D eigenvalue weighted by Crippen LogP contribution is -2.55. The number of hydrogen-bond donors (Lipinski definition) is 1. The summed E-state index contributed by atoms with van der Waals surface area (Å²) >= 11 is 0. The van der Waals surface area contributed by atoms with Gasteiger partial charge in [0.05, 0.1) is 12.7 Å². The minimum atomic E-state index is -0.992. The first kappa shape index (κ1) is 19.2. The van der Waals surface area contributed by atoms with Crippen LogP contribution in [0.2, 0.25) is 0 Å². The van der Waals surface area contributed by atoms with Crippen LogP contribution >= 0.6 is 0 Å². The number of oxazole rings is 1. The molecule has 160 valence electrons. The lowest BCUT2D eigenvalue weighted by molar-refractivity contribution is -0.150. The Kier molecular flexibility index (Phi) is 4.41. The van der Waals surface area contributed by atoms with Gasteiger partial charge in [0, 0.05) is 18.5 Å². The van der Waals surface area contributed by atoms with Crippen LogP contribution in [0.5, 0.6) is 0 Å². The maximum Gasteiger partial charge on any atom is 0.278 e. The molecular formula is C19H18N6O6. The standard InChI is InChI=1S/C19H18N6O6/c1-9-7-20-17(30-9)15-22-13(31-23-15)8-24-6-2-3-10-14(24)19(29)25(18(10)28)11-4-5-12(26)21-16(11)27/h7,11H,2-6,8H2,1H3,(H,21,26,27).